The summed E-state index contributed by atoms with van der Waals surface area (Å²) < 4.78 is 12.9. The van der Waals surface area contributed by atoms with Gasteiger partial charge in [0.2, 0.25) is 0 Å². The van der Waals surface area contributed by atoms with E-state index in [1.54, 1.807) is 14.2 Å². The van der Waals surface area contributed by atoms with Crippen LogP contribution in [0.15, 0.2) is 23.2 Å². The average Bonchev–Trinajstić information content (AvgIpc) is 3.34. The molecule has 0 radical (unpaired) electrons. The molecule has 3 heterocycles. The minimum absolute atomic E-state index is 0.484. The van der Waals surface area contributed by atoms with Crippen molar-refractivity contribution in [3.05, 3.63) is 40.7 Å². The summed E-state index contributed by atoms with van der Waals surface area (Å²) >= 11 is 0. The highest BCUT2D eigenvalue weighted by Crippen LogP contribution is 2.36. The maximum Gasteiger partial charge on any atom is 0.165 e. The van der Waals surface area contributed by atoms with Crippen molar-refractivity contribution in [2.75, 3.05) is 20.8 Å². The smallest absolute Gasteiger partial charge is 0.165 e. The summed E-state index contributed by atoms with van der Waals surface area (Å²) in [6, 6.07) is 6.05. The number of rotatable bonds is 7. The van der Waals surface area contributed by atoms with E-state index >= 15 is 0 Å². The van der Waals surface area contributed by atoms with Gasteiger partial charge in [0, 0.05) is 16.8 Å². The fraction of sp³-hybridized carbons (Fsp3) is 0.409. The Bertz CT molecular complexity index is 1120. The molecule has 1 aliphatic heterocycles. The fourth-order valence-corrected chi connectivity index (χ4v) is 3.76. The number of benzene rings is 1. The molecular formula is C22H27N5O3. The molecule has 0 bridgehead atoms. The van der Waals surface area contributed by atoms with Gasteiger partial charge in [0.1, 0.15) is 5.75 Å². The Balaban J connectivity index is 1.94. The Morgan fingerprint density at radius 2 is 2.10 bits per heavy atom. The number of ether oxygens (including phenoxy) is 2. The highest BCUT2D eigenvalue weighted by Gasteiger charge is 2.25. The van der Waals surface area contributed by atoms with Crippen LogP contribution in [0.5, 0.6) is 5.75 Å². The number of methoxy groups -OCH3 is 1. The zero-order chi connectivity index (χ0) is 21.3. The van der Waals surface area contributed by atoms with Crippen LogP contribution in [0.1, 0.15) is 35.9 Å². The van der Waals surface area contributed by atoms with E-state index in [1.807, 2.05) is 23.6 Å². The van der Waals surface area contributed by atoms with E-state index in [-0.39, 0.29) is 0 Å². The summed E-state index contributed by atoms with van der Waals surface area (Å²) in [5, 5.41) is 4.83. The third-order valence-corrected chi connectivity index (χ3v) is 5.38. The Labute approximate surface area is 175 Å². The first-order valence-electron chi connectivity index (χ1n) is 10.0. The van der Waals surface area contributed by atoms with E-state index < -0.39 is 0 Å². The topological polar surface area (TPSA) is 82.3 Å². The molecule has 30 heavy (non-hydrogen) atoms. The van der Waals surface area contributed by atoms with Crippen LogP contribution in [0.3, 0.4) is 0 Å². The second-order valence-electron chi connectivity index (χ2n) is 7.29. The maximum absolute atomic E-state index is 5.69. The van der Waals surface area contributed by atoms with E-state index in [0.29, 0.717) is 19.8 Å². The Morgan fingerprint density at radius 3 is 2.80 bits per heavy atom. The standard InChI is InChI=1S/C22H27N5O3/c1-6-15(10-23-29-5)24-21-18-11-30-12-19(18)25-22-20(14(3)26-27(21)22)17-8-7-16(28-4)9-13(17)2/h7-9,23H,6,10-12H2,1-5H3. The molecule has 158 valence electrons. The monoisotopic (exact) mass is 409 g/mol. The number of aromatic nitrogens is 3. The molecule has 0 spiro atoms. The van der Waals surface area contributed by atoms with Crippen LogP contribution in [0.25, 0.3) is 16.8 Å². The molecular weight excluding hydrogens is 382 g/mol. The fourth-order valence-electron chi connectivity index (χ4n) is 3.76. The number of hydroxylamine groups is 1. The molecule has 1 aromatic carbocycles. The highest BCUT2D eigenvalue weighted by atomic mass is 16.6. The van der Waals surface area contributed by atoms with Crippen molar-refractivity contribution in [3.8, 4) is 16.9 Å². The van der Waals surface area contributed by atoms with Gasteiger partial charge in [0.05, 0.1) is 45.4 Å². The van der Waals surface area contributed by atoms with Gasteiger partial charge in [-0.05, 0) is 43.5 Å². The molecule has 1 N–H and O–H groups in total. The van der Waals surface area contributed by atoms with Gasteiger partial charge < -0.3 is 14.3 Å². The van der Waals surface area contributed by atoms with Gasteiger partial charge in [-0.3, -0.25) is 0 Å². The first kappa shape index (κ1) is 20.5. The number of hydrogen-bond donors (Lipinski definition) is 1. The van der Waals surface area contributed by atoms with Crippen molar-refractivity contribution < 1.29 is 14.3 Å². The van der Waals surface area contributed by atoms with Gasteiger partial charge in [-0.15, -0.1) is 0 Å². The van der Waals surface area contributed by atoms with Crippen molar-refractivity contribution in [3.63, 3.8) is 0 Å². The van der Waals surface area contributed by atoms with Gasteiger partial charge >= 0.3 is 0 Å². The quantitative estimate of drug-likeness (QED) is 0.473. The largest absolute Gasteiger partial charge is 0.497 e. The van der Waals surface area contributed by atoms with Crippen LogP contribution >= 0.6 is 0 Å². The van der Waals surface area contributed by atoms with E-state index in [9.17, 15) is 0 Å². The van der Waals surface area contributed by atoms with Crippen LogP contribution in [-0.2, 0) is 22.8 Å². The molecule has 0 aliphatic carbocycles. The van der Waals surface area contributed by atoms with Gasteiger partial charge in [-0.1, -0.05) is 13.0 Å². The summed E-state index contributed by atoms with van der Waals surface area (Å²) in [4.78, 5) is 14.9. The maximum atomic E-state index is 5.69. The third-order valence-electron chi connectivity index (χ3n) is 5.38. The minimum Gasteiger partial charge on any atom is -0.497 e. The van der Waals surface area contributed by atoms with Crippen molar-refractivity contribution in [1.82, 2.24) is 20.1 Å². The molecule has 8 nitrogen and oxygen atoms in total. The number of nitrogens with one attached hydrogen (secondary N) is 1. The lowest BCUT2D eigenvalue weighted by Crippen LogP contribution is -2.21. The number of aryl methyl sites for hydroxylation is 2. The highest BCUT2D eigenvalue weighted by molar-refractivity contribution is 5.89. The predicted octanol–water partition coefficient (Wildman–Crippen LogP) is 3.69. The molecule has 0 saturated carbocycles. The molecule has 0 atom stereocenters. The zero-order valence-corrected chi connectivity index (χ0v) is 18.1. The number of fused-ring (bicyclic) bond motifs is 2. The summed E-state index contributed by atoms with van der Waals surface area (Å²) in [5.41, 5.74) is 10.7. The average molecular weight is 409 g/mol. The van der Waals surface area contributed by atoms with Crippen molar-refractivity contribution >= 4 is 17.2 Å². The van der Waals surface area contributed by atoms with Crippen LogP contribution < -0.4 is 10.2 Å². The zero-order valence-electron chi connectivity index (χ0n) is 18.1. The first-order valence-corrected chi connectivity index (χ1v) is 10.0. The molecule has 1 aliphatic rings. The Morgan fingerprint density at radius 1 is 1.27 bits per heavy atom. The van der Waals surface area contributed by atoms with Crippen LogP contribution in [0, 0.1) is 13.8 Å². The van der Waals surface area contributed by atoms with Gasteiger partial charge in [0.15, 0.2) is 11.5 Å². The van der Waals surface area contributed by atoms with Crippen LogP contribution in [0.4, 0.5) is 5.82 Å². The van der Waals surface area contributed by atoms with E-state index in [4.69, 9.17) is 29.4 Å². The molecule has 2 aromatic heterocycles. The Hall–Kier alpha value is -2.81. The number of aliphatic imine (C=N–C) groups is 1. The third kappa shape index (κ3) is 3.58. The summed E-state index contributed by atoms with van der Waals surface area (Å²) in [6.07, 6.45) is 0.792. The van der Waals surface area contributed by atoms with Crippen molar-refractivity contribution in [2.24, 2.45) is 4.99 Å². The predicted molar refractivity (Wildman–Crippen MR) is 115 cm³/mol. The molecule has 0 amide bonds. The molecule has 8 heteroatoms. The van der Waals surface area contributed by atoms with E-state index in [0.717, 1.165) is 63.0 Å². The number of hydrogen-bond acceptors (Lipinski definition) is 7. The number of nitrogens with zero attached hydrogens (tertiary/aromatic N) is 4. The van der Waals surface area contributed by atoms with Gasteiger partial charge in [-0.25, -0.2) is 9.98 Å². The Kier molecular flexibility index (Phi) is 5.80. The first-order chi connectivity index (χ1) is 14.6. The van der Waals surface area contributed by atoms with Crippen LogP contribution in [-0.4, -0.2) is 41.1 Å². The van der Waals surface area contributed by atoms with Crippen molar-refractivity contribution in [2.45, 2.75) is 40.4 Å². The summed E-state index contributed by atoms with van der Waals surface area (Å²) in [6.45, 7) is 7.67. The molecule has 3 aromatic rings. The van der Waals surface area contributed by atoms with Gasteiger partial charge in [0.25, 0.3) is 0 Å². The molecule has 4 rings (SSSR count). The molecule has 0 unspecified atom stereocenters. The van der Waals surface area contributed by atoms with Crippen molar-refractivity contribution in [1.29, 1.82) is 0 Å². The molecule has 0 fully saturated rings. The lowest BCUT2D eigenvalue weighted by Gasteiger charge is -2.10. The van der Waals surface area contributed by atoms with E-state index in [1.165, 1.54) is 0 Å². The minimum atomic E-state index is 0.484. The normalized spacial score (nSPS) is 13.8. The second kappa shape index (κ2) is 8.51. The second-order valence-corrected chi connectivity index (χ2v) is 7.29. The lowest BCUT2D eigenvalue weighted by molar-refractivity contribution is 0.104. The van der Waals surface area contributed by atoms with Gasteiger partial charge in [-0.2, -0.15) is 15.1 Å². The SMILES string of the molecule is CCC(CNOC)=Nc1c2c(nc3c(-c4ccc(OC)cc4C)c(C)nn13)COC2. The van der Waals surface area contributed by atoms with E-state index in [2.05, 4.69) is 25.4 Å². The summed E-state index contributed by atoms with van der Waals surface area (Å²) in [5.74, 6) is 1.61. The molecule has 0 saturated heterocycles. The van der Waals surface area contributed by atoms with Crippen LogP contribution in [0.2, 0.25) is 0 Å². The lowest BCUT2D eigenvalue weighted by atomic mass is 10.0. The summed E-state index contributed by atoms with van der Waals surface area (Å²) in [7, 11) is 3.28.